The van der Waals surface area contributed by atoms with Crippen LogP contribution in [0.5, 0.6) is 0 Å². The normalized spacial score (nSPS) is 15.6. The summed E-state index contributed by atoms with van der Waals surface area (Å²) >= 11 is 0. The molecule has 88 valence electrons. The molecule has 0 fully saturated rings. The first kappa shape index (κ1) is 11.4. The lowest BCUT2D eigenvalue weighted by molar-refractivity contribution is 0.238. The number of aliphatic hydroxyl groups is 1. The molecule has 1 aliphatic heterocycles. The number of aliphatic hydroxyl groups excluding tert-OH is 1. The van der Waals surface area contributed by atoms with Gasteiger partial charge in [-0.3, -0.25) is 0 Å². The van der Waals surface area contributed by atoms with Crippen molar-refractivity contribution in [3.05, 3.63) is 29.3 Å². The highest BCUT2D eigenvalue weighted by molar-refractivity contribution is 5.61. The van der Waals surface area contributed by atoms with Gasteiger partial charge in [0.15, 0.2) is 0 Å². The second-order valence-electron chi connectivity index (χ2n) is 4.30. The van der Waals surface area contributed by atoms with Crippen molar-refractivity contribution in [1.29, 1.82) is 0 Å². The monoisotopic (exact) mass is 220 g/mol. The van der Waals surface area contributed by atoms with Gasteiger partial charge < -0.3 is 15.7 Å². The Morgan fingerprint density at radius 1 is 1.50 bits per heavy atom. The highest BCUT2D eigenvalue weighted by Gasteiger charge is 2.13. The molecule has 0 saturated carbocycles. The molecule has 1 heterocycles. The molecule has 0 aromatic heterocycles. The highest BCUT2D eigenvalue weighted by Crippen LogP contribution is 2.26. The number of hydrogen-bond acceptors (Lipinski definition) is 3. The molecule has 3 N–H and O–H groups in total. The van der Waals surface area contributed by atoms with Gasteiger partial charge in [-0.1, -0.05) is 25.1 Å². The number of hydrogen-bond donors (Lipinski definition) is 3. The van der Waals surface area contributed by atoms with Crippen LogP contribution < -0.4 is 10.6 Å². The van der Waals surface area contributed by atoms with Crippen LogP contribution in [0.4, 0.5) is 5.69 Å². The van der Waals surface area contributed by atoms with Crippen molar-refractivity contribution < 1.29 is 5.11 Å². The van der Waals surface area contributed by atoms with Gasteiger partial charge in [0, 0.05) is 24.8 Å². The minimum Gasteiger partial charge on any atom is -0.395 e. The van der Waals surface area contributed by atoms with E-state index in [0.29, 0.717) is 0 Å². The van der Waals surface area contributed by atoms with Gasteiger partial charge in [-0.2, -0.15) is 0 Å². The average molecular weight is 220 g/mol. The summed E-state index contributed by atoms with van der Waals surface area (Å²) in [4.78, 5) is 0. The second-order valence-corrected chi connectivity index (χ2v) is 4.30. The first-order valence-electron chi connectivity index (χ1n) is 6.04. The Morgan fingerprint density at radius 3 is 3.12 bits per heavy atom. The van der Waals surface area contributed by atoms with Crippen LogP contribution in [0.25, 0.3) is 0 Å². The van der Waals surface area contributed by atoms with Crippen LogP contribution in [0.1, 0.15) is 24.5 Å². The van der Waals surface area contributed by atoms with Crippen LogP contribution in [0.15, 0.2) is 18.2 Å². The molecule has 1 aromatic carbocycles. The highest BCUT2D eigenvalue weighted by atomic mass is 16.3. The van der Waals surface area contributed by atoms with E-state index in [2.05, 4.69) is 35.8 Å². The zero-order chi connectivity index (χ0) is 11.4. The second kappa shape index (κ2) is 5.32. The molecule has 16 heavy (non-hydrogen) atoms. The van der Waals surface area contributed by atoms with Crippen LogP contribution in [0.2, 0.25) is 0 Å². The third-order valence-corrected chi connectivity index (χ3v) is 3.23. The molecule has 2 rings (SSSR count). The number of benzene rings is 1. The molecule has 0 radical (unpaired) electrons. The first-order valence-corrected chi connectivity index (χ1v) is 6.04. The van der Waals surface area contributed by atoms with Gasteiger partial charge >= 0.3 is 0 Å². The Balaban J connectivity index is 2.02. The van der Waals surface area contributed by atoms with E-state index in [-0.39, 0.29) is 12.6 Å². The SMILES string of the molecule is CC[C@H](CO)NCc1cccc2c1NCC2. The van der Waals surface area contributed by atoms with Gasteiger partial charge in [0.25, 0.3) is 0 Å². The maximum Gasteiger partial charge on any atom is 0.0584 e. The molecule has 0 saturated heterocycles. The summed E-state index contributed by atoms with van der Waals surface area (Å²) in [7, 11) is 0. The van der Waals surface area contributed by atoms with E-state index in [1.165, 1.54) is 16.8 Å². The predicted octanol–water partition coefficient (Wildman–Crippen LogP) is 1.52. The van der Waals surface area contributed by atoms with Gasteiger partial charge in [0.2, 0.25) is 0 Å². The standard InChI is InChI=1S/C13H20N2O/c1-2-12(9-16)15-8-11-5-3-4-10-6-7-14-13(10)11/h3-5,12,14-16H,2,6-9H2,1H3/t12-/m1/s1. The third kappa shape index (κ3) is 2.36. The summed E-state index contributed by atoms with van der Waals surface area (Å²) in [6.07, 6.45) is 2.08. The number of rotatable bonds is 5. The number of fused-ring (bicyclic) bond motifs is 1. The average Bonchev–Trinajstić information content (AvgIpc) is 2.79. The molecule has 0 unspecified atom stereocenters. The van der Waals surface area contributed by atoms with Gasteiger partial charge in [-0.05, 0) is 24.0 Å². The molecule has 1 aliphatic rings. The Kier molecular flexibility index (Phi) is 3.80. The molecular weight excluding hydrogens is 200 g/mol. The van der Waals surface area contributed by atoms with E-state index in [0.717, 1.165) is 25.9 Å². The van der Waals surface area contributed by atoms with Crippen LogP contribution in [-0.4, -0.2) is 24.3 Å². The molecule has 0 spiro atoms. The zero-order valence-corrected chi connectivity index (χ0v) is 9.79. The van der Waals surface area contributed by atoms with E-state index in [1.807, 2.05) is 0 Å². The van der Waals surface area contributed by atoms with E-state index in [1.54, 1.807) is 0 Å². The fraction of sp³-hybridized carbons (Fsp3) is 0.538. The maximum absolute atomic E-state index is 9.12. The van der Waals surface area contributed by atoms with Crippen molar-refractivity contribution >= 4 is 5.69 Å². The lowest BCUT2D eigenvalue weighted by Gasteiger charge is -2.15. The summed E-state index contributed by atoms with van der Waals surface area (Å²) in [6.45, 7) is 4.17. The molecule has 1 aromatic rings. The molecule has 1 atom stereocenters. The van der Waals surface area contributed by atoms with E-state index >= 15 is 0 Å². The van der Waals surface area contributed by atoms with E-state index < -0.39 is 0 Å². The predicted molar refractivity (Wildman–Crippen MR) is 66.6 cm³/mol. The van der Waals surface area contributed by atoms with Crippen LogP contribution in [-0.2, 0) is 13.0 Å². The van der Waals surface area contributed by atoms with Gasteiger partial charge in [0.1, 0.15) is 0 Å². The fourth-order valence-corrected chi connectivity index (χ4v) is 2.15. The summed E-state index contributed by atoms with van der Waals surface area (Å²) in [6, 6.07) is 6.65. The Hall–Kier alpha value is -1.06. The summed E-state index contributed by atoms with van der Waals surface area (Å²) < 4.78 is 0. The Bertz CT molecular complexity index is 348. The molecule has 0 amide bonds. The van der Waals surface area contributed by atoms with Crippen molar-refractivity contribution in [2.75, 3.05) is 18.5 Å². The lowest BCUT2D eigenvalue weighted by Crippen LogP contribution is -2.31. The van der Waals surface area contributed by atoms with Crippen molar-refractivity contribution in [3.8, 4) is 0 Å². The van der Waals surface area contributed by atoms with E-state index in [9.17, 15) is 0 Å². The van der Waals surface area contributed by atoms with Gasteiger partial charge in [-0.25, -0.2) is 0 Å². The molecule has 3 heteroatoms. The lowest BCUT2D eigenvalue weighted by atomic mass is 10.1. The molecule has 0 aliphatic carbocycles. The minimum absolute atomic E-state index is 0.206. The number of para-hydroxylation sites is 1. The molecular formula is C13H20N2O. The van der Waals surface area contributed by atoms with Crippen molar-refractivity contribution in [1.82, 2.24) is 5.32 Å². The van der Waals surface area contributed by atoms with Crippen LogP contribution >= 0.6 is 0 Å². The zero-order valence-electron chi connectivity index (χ0n) is 9.79. The fourth-order valence-electron chi connectivity index (χ4n) is 2.15. The van der Waals surface area contributed by atoms with Crippen molar-refractivity contribution in [2.45, 2.75) is 32.4 Å². The number of anilines is 1. The first-order chi connectivity index (χ1) is 7.85. The topological polar surface area (TPSA) is 44.3 Å². The van der Waals surface area contributed by atoms with Gasteiger partial charge in [-0.15, -0.1) is 0 Å². The van der Waals surface area contributed by atoms with E-state index in [4.69, 9.17) is 5.11 Å². The Morgan fingerprint density at radius 2 is 2.38 bits per heavy atom. The van der Waals surface area contributed by atoms with Crippen LogP contribution in [0, 0.1) is 0 Å². The summed E-state index contributed by atoms with van der Waals surface area (Å²) in [5, 5.41) is 15.9. The van der Waals surface area contributed by atoms with Crippen molar-refractivity contribution in [2.24, 2.45) is 0 Å². The molecule has 0 bridgehead atoms. The quantitative estimate of drug-likeness (QED) is 0.705. The number of nitrogens with one attached hydrogen (secondary N) is 2. The van der Waals surface area contributed by atoms with Gasteiger partial charge in [0.05, 0.1) is 6.61 Å². The minimum atomic E-state index is 0.206. The van der Waals surface area contributed by atoms with Crippen molar-refractivity contribution in [3.63, 3.8) is 0 Å². The van der Waals surface area contributed by atoms with Crippen LogP contribution in [0.3, 0.4) is 0 Å². The maximum atomic E-state index is 9.12. The third-order valence-electron chi connectivity index (χ3n) is 3.23. The Labute approximate surface area is 96.9 Å². The molecule has 3 nitrogen and oxygen atoms in total. The summed E-state index contributed by atoms with van der Waals surface area (Å²) in [5.41, 5.74) is 4.01. The summed E-state index contributed by atoms with van der Waals surface area (Å²) in [5.74, 6) is 0. The largest absolute Gasteiger partial charge is 0.395 e. The smallest absolute Gasteiger partial charge is 0.0584 e.